The molecular formula is C16H22N2O3. The highest BCUT2D eigenvalue weighted by molar-refractivity contribution is 5.99. The van der Waals surface area contributed by atoms with Crippen molar-refractivity contribution >= 4 is 11.8 Å². The van der Waals surface area contributed by atoms with Gasteiger partial charge in [-0.05, 0) is 25.6 Å². The Bertz CT molecular complexity index is 534. The number of hydrogen-bond acceptors (Lipinski definition) is 4. The molecule has 0 aromatic heterocycles. The Morgan fingerprint density at radius 2 is 1.86 bits per heavy atom. The first kappa shape index (κ1) is 15.7. The lowest BCUT2D eigenvalue weighted by Crippen LogP contribution is -2.45. The fourth-order valence-electron chi connectivity index (χ4n) is 2.50. The maximum absolute atomic E-state index is 12.2. The molecule has 1 fully saturated rings. The van der Waals surface area contributed by atoms with Gasteiger partial charge in [0.25, 0.3) is 0 Å². The molecule has 1 N–H and O–H groups in total. The van der Waals surface area contributed by atoms with Gasteiger partial charge in [-0.15, -0.1) is 0 Å². The van der Waals surface area contributed by atoms with Gasteiger partial charge in [0.1, 0.15) is 0 Å². The molecule has 0 spiro atoms. The van der Waals surface area contributed by atoms with E-state index in [1.807, 2.05) is 0 Å². The second kappa shape index (κ2) is 6.83. The first-order valence-corrected chi connectivity index (χ1v) is 7.25. The van der Waals surface area contributed by atoms with E-state index in [4.69, 9.17) is 5.11 Å². The number of ketones is 1. The summed E-state index contributed by atoms with van der Waals surface area (Å²) in [5.74, 6) is -0.974. The Morgan fingerprint density at radius 3 is 2.48 bits per heavy atom. The van der Waals surface area contributed by atoms with Gasteiger partial charge < -0.3 is 14.9 Å². The number of nitrogens with zero attached hydrogens (tertiary/aromatic N) is 2. The normalized spacial score (nSPS) is 16.9. The molecule has 5 heteroatoms. The zero-order chi connectivity index (χ0) is 15.4. The molecule has 2 rings (SSSR count). The van der Waals surface area contributed by atoms with Gasteiger partial charge in [-0.25, -0.2) is 4.79 Å². The predicted octanol–water partition coefficient (Wildman–Crippen LogP) is 1.51. The van der Waals surface area contributed by atoms with E-state index in [2.05, 4.69) is 16.8 Å². The van der Waals surface area contributed by atoms with E-state index in [0.717, 1.165) is 32.7 Å². The second-order valence-corrected chi connectivity index (χ2v) is 5.65. The number of carboxylic acids is 1. The largest absolute Gasteiger partial charge is 0.478 e. The van der Waals surface area contributed by atoms with Crippen LogP contribution in [-0.2, 0) is 0 Å². The lowest BCUT2D eigenvalue weighted by molar-refractivity contribution is 0.0696. The zero-order valence-corrected chi connectivity index (χ0v) is 12.6. The lowest BCUT2D eigenvalue weighted by Gasteiger charge is -2.32. The number of carbonyl (C=O) groups is 2. The van der Waals surface area contributed by atoms with Gasteiger partial charge in [0.05, 0.1) is 5.56 Å². The number of Topliss-reactive ketones (excluding diaryl/α,β-unsaturated/α-hetero) is 1. The van der Waals surface area contributed by atoms with Crippen LogP contribution in [0.5, 0.6) is 0 Å². The van der Waals surface area contributed by atoms with E-state index in [9.17, 15) is 9.59 Å². The van der Waals surface area contributed by atoms with Crippen LogP contribution in [0.1, 0.15) is 32.7 Å². The van der Waals surface area contributed by atoms with Gasteiger partial charge >= 0.3 is 5.97 Å². The number of piperazine rings is 1. The van der Waals surface area contributed by atoms with Crippen molar-refractivity contribution in [3.05, 3.63) is 34.9 Å². The standard InChI is InChI=1S/C16H22N2O3/c1-12-3-4-13(11-14(12)16(20)21)15(19)5-6-18-9-7-17(2)8-10-18/h3-4,11H,5-10H2,1-2H3,(H,20,21). The van der Waals surface area contributed by atoms with Crippen molar-refractivity contribution in [1.29, 1.82) is 0 Å². The van der Waals surface area contributed by atoms with E-state index >= 15 is 0 Å². The van der Waals surface area contributed by atoms with Gasteiger partial charge in [-0.2, -0.15) is 0 Å². The maximum atomic E-state index is 12.2. The molecule has 0 amide bonds. The maximum Gasteiger partial charge on any atom is 0.335 e. The minimum atomic E-state index is -0.985. The van der Waals surface area contributed by atoms with Gasteiger partial charge in [-0.3, -0.25) is 4.79 Å². The molecule has 1 aliphatic rings. The quantitative estimate of drug-likeness (QED) is 0.833. The summed E-state index contributed by atoms with van der Waals surface area (Å²) in [6.45, 7) is 6.50. The molecule has 1 aliphatic heterocycles. The summed E-state index contributed by atoms with van der Waals surface area (Å²) < 4.78 is 0. The third kappa shape index (κ3) is 4.12. The highest BCUT2D eigenvalue weighted by Gasteiger charge is 2.16. The van der Waals surface area contributed by atoms with Crippen LogP contribution < -0.4 is 0 Å². The van der Waals surface area contributed by atoms with Crippen LogP contribution in [0, 0.1) is 6.92 Å². The Balaban J connectivity index is 1.94. The minimum Gasteiger partial charge on any atom is -0.478 e. The molecule has 21 heavy (non-hydrogen) atoms. The number of hydrogen-bond donors (Lipinski definition) is 1. The number of carbonyl (C=O) groups excluding carboxylic acids is 1. The predicted molar refractivity (Wildman–Crippen MR) is 81.0 cm³/mol. The van der Waals surface area contributed by atoms with Crippen molar-refractivity contribution in [3.8, 4) is 0 Å². The summed E-state index contributed by atoms with van der Waals surface area (Å²) in [7, 11) is 2.10. The van der Waals surface area contributed by atoms with Gasteiger partial charge in [0, 0.05) is 44.7 Å². The minimum absolute atomic E-state index is 0.0106. The molecule has 0 atom stereocenters. The van der Waals surface area contributed by atoms with Gasteiger partial charge in [0.15, 0.2) is 5.78 Å². The molecule has 1 aromatic rings. The van der Waals surface area contributed by atoms with Crippen LogP contribution in [0.4, 0.5) is 0 Å². The zero-order valence-electron chi connectivity index (χ0n) is 12.6. The van der Waals surface area contributed by atoms with Crippen molar-refractivity contribution in [1.82, 2.24) is 9.80 Å². The van der Waals surface area contributed by atoms with Crippen molar-refractivity contribution < 1.29 is 14.7 Å². The number of rotatable bonds is 5. The number of aromatic carboxylic acids is 1. The lowest BCUT2D eigenvalue weighted by atomic mass is 10.0. The summed E-state index contributed by atoms with van der Waals surface area (Å²) >= 11 is 0. The van der Waals surface area contributed by atoms with E-state index in [1.54, 1.807) is 19.1 Å². The molecule has 0 bridgehead atoms. The van der Waals surface area contributed by atoms with Gasteiger partial charge in [-0.1, -0.05) is 12.1 Å². The Kier molecular flexibility index (Phi) is 5.09. The van der Waals surface area contributed by atoms with Crippen LogP contribution in [0.15, 0.2) is 18.2 Å². The number of benzene rings is 1. The van der Waals surface area contributed by atoms with Crippen molar-refractivity contribution in [2.75, 3.05) is 39.8 Å². The summed E-state index contributed by atoms with van der Waals surface area (Å²) in [5, 5.41) is 9.11. The summed E-state index contributed by atoms with van der Waals surface area (Å²) in [6.07, 6.45) is 0.436. The highest BCUT2D eigenvalue weighted by Crippen LogP contribution is 2.13. The van der Waals surface area contributed by atoms with Crippen LogP contribution >= 0.6 is 0 Å². The third-order valence-electron chi connectivity index (χ3n) is 4.04. The Hall–Kier alpha value is -1.72. The van der Waals surface area contributed by atoms with Crippen molar-refractivity contribution in [2.24, 2.45) is 0 Å². The SMILES string of the molecule is Cc1ccc(C(=O)CCN2CCN(C)CC2)cc1C(=O)O. The molecule has 1 heterocycles. The average molecular weight is 290 g/mol. The van der Waals surface area contributed by atoms with Crippen LogP contribution in [0.2, 0.25) is 0 Å². The van der Waals surface area contributed by atoms with Gasteiger partial charge in [0.2, 0.25) is 0 Å². The highest BCUT2D eigenvalue weighted by atomic mass is 16.4. The monoisotopic (exact) mass is 290 g/mol. The molecule has 5 nitrogen and oxygen atoms in total. The second-order valence-electron chi connectivity index (χ2n) is 5.65. The van der Waals surface area contributed by atoms with E-state index in [0.29, 0.717) is 17.5 Å². The molecule has 0 aliphatic carbocycles. The molecular weight excluding hydrogens is 268 g/mol. The molecule has 1 saturated heterocycles. The number of aryl methyl sites for hydroxylation is 1. The van der Waals surface area contributed by atoms with E-state index in [1.165, 1.54) is 6.07 Å². The Labute approximate surface area is 125 Å². The fourth-order valence-corrected chi connectivity index (χ4v) is 2.50. The summed E-state index contributed by atoms with van der Waals surface area (Å²) in [6, 6.07) is 4.91. The smallest absolute Gasteiger partial charge is 0.335 e. The number of carboxylic acid groups (broad SMARTS) is 1. The molecule has 1 aromatic carbocycles. The van der Waals surface area contributed by atoms with Crippen molar-refractivity contribution in [3.63, 3.8) is 0 Å². The summed E-state index contributed by atoms with van der Waals surface area (Å²) in [4.78, 5) is 27.9. The van der Waals surface area contributed by atoms with Crippen LogP contribution in [0.25, 0.3) is 0 Å². The van der Waals surface area contributed by atoms with Crippen LogP contribution in [-0.4, -0.2) is 66.4 Å². The number of likely N-dealkylation sites (N-methyl/N-ethyl adjacent to an activating group) is 1. The average Bonchev–Trinajstić information content (AvgIpc) is 2.46. The van der Waals surface area contributed by atoms with E-state index in [-0.39, 0.29) is 11.3 Å². The molecule has 0 saturated carbocycles. The van der Waals surface area contributed by atoms with Crippen molar-refractivity contribution in [2.45, 2.75) is 13.3 Å². The third-order valence-corrected chi connectivity index (χ3v) is 4.04. The topological polar surface area (TPSA) is 60.9 Å². The van der Waals surface area contributed by atoms with Crippen LogP contribution in [0.3, 0.4) is 0 Å². The molecule has 114 valence electrons. The van der Waals surface area contributed by atoms with E-state index < -0.39 is 5.97 Å². The Morgan fingerprint density at radius 1 is 1.19 bits per heavy atom. The molecule has 0 unspecified atom stereocenters. The molecule has 0 radical (unpaired) electrons. The first-order valence-electron chi connectivity index (χ1n) is 7.25. The summed E-state index contributed by atoms with van der Waals surface area (Å²) in [5.41, 5.74) is 1.38. The first-order chi connectivity index (χ1) is 9.97. The fraction of sp³-hybridized carbons (Fsp3) is 0.500.